The van der Waals surface area contributed by atoms with E-state index in [1.165, 1.54) is 33.8 Å². The number of carbonyl (C=O) groups excluding carboxylic acids is 1. The highest BCUT2D eigenvalue weighted by Crippen LogP contribution is 2.38. The first-order valence-electron chi connectivity index (χ1n) is 12.2. The van der Waals surface area contributed by atoms with Crippen LogP contribution in [0.2, 0.25) is 5.02 Å². The molecule has 0 bridgehead atoms. The number of nitrogens with one attached hydrogen (secondary N) is 1. The lowest BCUT2D eigenvalue weighted by Crippen LogP contribution is -2.42. The molecule has 2 aromatic carbocycles. The Balaban J connectivity index is 1.51. The number of anilines is 1. The van der Waals surface area contributed by atoms with Gasteiger partial charge in [-0.05, 0) is 56.2 Å². The molecule has 2 atom stereocenters. The Bertz CT molecular complexity index is 1600. The van der Waals surface area contributed by atoms with Crippen LogP contribution in [0, 0.1) is 18.3 Å². The maximum absolute atomic E-state index is 13.6. The number of carbonyl (C=O) groups is 1. The van der Waals surface area contributed by atoms with Gasteiger partial charge in [0.15, 0.2) is 16.1 Å². The summed E-state index contributed by atoms with van der Waals surface area (Å²) in [6.07, 6.45) is -5.70. The molecule has 1 saturated heterocycles. The van der Waals surface area contributed by atoms with Crippen LogP contribution in [0.25, 0.3) is 5.69 Å². The van der Waals surface area contributed by atoms with E-state index in [4.69, 9.17) is 16.3 Å². The van der Waals surface area contributed by atoms with Crippen molar-refractivity contribution in [3.05, 3.63) is 70.9 Å². The minimum absolute atomic E-state index is 0.0477. The molecule has 0 spiro atoms. The normalized spacial score (nSPS) is 20.1. The molecule has 14 heteroatoms. The molecule has 40 heavy (non-hydrogen) atoms. The zero-order valence-electron chi connectivity index (χ0n) is 21.0. The molecule has 210 valence electrons. The predicted molar refractivity (Wildman–Crippen MR) is 139 cm³/mol. The van der Waals surface area contributed by atoms with E-state index in [0.717, 1.165) is 12.1 Å². The number of alkyl carbamates (subject to hydrolysis) is 1. The van der Waals surface area contributed by atoms with Crippen molar-refractivity contribution in [3.8, 4) is 11.8 Å². The van der Waals surface area contributed by atoms with Crippen LogP contribution in [0.15, 0.2) is 59.5 Å². The Kier molecular flexibility index (Phi) is 6.96. The van der Waals surface area contributed by atoms with Gasteiger partial charge >= 0.3 is 12.3 Å². The summed E-state index contributed by atoms with van der Waals surface area (Å²) >= 11 is 6.20. The zero-order valence-corrected chi connectivity index (χ0v) is 22.6. The van der Waals surface area contributed by atoms with Crippen LogP contribution < -0.4 is 10.2 Å². The number of nitriles is 1. The molecule has 1 saturated carbocycles. The maximum Gasteiger partial charge on any atom is 0.416 e. The van der Waals surface area contributed by atoms with Crippen LogP contribution in [0.5, 0.6) is 0 Å². The molecule has 9 nitrogen and oxygen atoms in total. The number of aromatic nitrogens is 2. The summed E-state index contributed by atoms with van der Waals surface area (Å²) in [6, 6.07) is 14.0. The SMILES string of the molecule is Cc1cc(N2C[C@H](S(=O)(=O)c3ccccc3Cl)C[C@@H]2OC(=O)NC2(C#N)CC2)n(-c2ccc(C(F)(F)F)cc2)n1. The Morgan fingerprint density at radius 3 is 2.48 bits per heavy atom. The smallest absolute Gasteiger partial charge is 0.416 e. The van der Waals surface area contributed by atoms with Crippen molar-refractivity contribution in [2.45, 2.75) is 54.3 Å². The minimum atomic E-state index is -4.52. The van der Waals surface area contributed by atoms with Crippen LogP contribution >= 0.6 is 11.6 Å². The average molecular weight is 594 g/mol. The second-order valence-corrected chi connectivity index (χ2v) is 12.4. The molecule has 2 fully saturated rings. The van der Waals surface area contributed by atoms with Crippen LogP contribution in [-0.4, -0.2) is 47.9 Å². The molecular formula is C26H23ClF3N5O4S. The standard InChI is InChI=1S/C26H23ClF3N5O4S/c1-16-12-22(35(33-16)18-8-6-17(7-9-18)26(28,29)30)34-14-19(40(37,38)21-5-3-2-4-20(21)27)13-23(34)39-24(36)32-25(15-31)10-11-25/h2-9,12,19,23H,10-11,13-14H2,1H3,(H,32,36)/t19-,23+/m1/s1. The highest BCUT2D eigenvalue weighted by Gasteiger charge is 2.48. The van der Waals surface area contributed by atoms with Crippen molar-refractivity contribution in [2.24, 2.45) is 0 Å². The fourth-order valence-electron chi connectivity index (χ4n) is 4.61. The molecule has 0 unspecified atom stereocenters. The largest absolute Gasteiger partial charge is 0.425 e. The van der Waals surface area contributed by atoms with Crippen molar-refractivity contribution in [3.63, 3.8) is 0 Å². The topological polar surface area (TPSA) is 117 Å². The molecule has 1 aliphatic heterocycles. The molecule has 2 aliphatic rings. The Labute approximate surface area is 233 Å². The maximum atomic E-state index is 13.6. The summed E-state index contributed by atoms with van der Waals surface area (Å²) in [5.41, 5.74) is -1.06. The summed E-state index contributed by atoms with van der Waals surface area (Å²) in [4.78, 5) is 14.2. The van der Waals surface area contributed by atoms with E-state index in [-0.39, 0.29) is 28.6 Å². The Morgan fingerprint density at radius 2 is 1.88 bits per heavy atom. The summed E-state index contributed by atoms with van der Waals surface area (Å²) < 4.78 is 73.6. The van der Waals surface area contributed by atoms with Gasteiger partial charge in [-0.15, -0.1) is 0 Å². The number of halogens is 4. The van der Waals surface area contributed by atoms with Crippen LogP contribution in [0.3, 0.4) is 0 Å². The average Bonchev–Trinajstić information content (AvgIpc) is 3.36. The first-order valence-corrected chi connectivity index (χ1v) is 14.1. The van der Waals surface area contributed by atoms with Gasteiger partial charge in [0.05, 0.1) is 38.2 Å². The van der Waals surface area contributed by atoms with Crippen LogP contribution in [-0.2, 0) is 20.8 Å². The molecule has 0 radical (unpaired) electrons. The summed E-state index contributed by atoms with van der Waals surface area (Å²) in [5.74, 6) is 0.313. The van der Waals surface area contributed by atoms with Gasteiger partial charge in [-0.1, -0.05) is 23.7 Å². The molecule has 1 aliphatic carbocycles. The third kappa shape index (κ3) is 5.33. The molecule has 1 amide bonds. The van der Waals surface area contributed by atoms with E-state index in [2.05, 4.69) is 10.4 Å². The quantitative estimate of drug-likeness (QED) is 0.427. The molecule has 3 aromatic rings. The second kappa shape index (κ2) is 10.0. The second-order valence-electron chi connectivity index (χ2n) is 9.76. The lowest BCUT2D eigenvalue weighted by Gasteiger charge is -2.27. The third-order valence-corrected chi connectivity index (χ3v) is 9.52. The minimum Gasteiger partial charge on any atom is -0.425 e. The fourth-order valence-corrected chi connectivity index (χ4v) is 6.81. The number of hydrogen-bond acceptors (Lipinski definition) is 7. The van der Waals surface area contributed by atoms with Gasteiger partial charge in [0.2, 0.25) is 0 Å². The Morgan fingerprint density at radius 1 is 1.20 bits per heavy atom. The first kappa shape index (κ1) is 27.8. The van der Waals surface area contributed by atoms with Gasteiger partial charge in [-0.25, -0.2) is 17.9 Å². The highest BCUT2D eigenvalue weighted by molar-refractivity contribution is 7.92. The number of benzene rings is 2. The van der Waals surface area contributed by atoms with E-state index in [9.17, 15) is 31.6 Å². The van der Waals surface area contributed by atoms with E-state index < -0.39 is 44.7 Å². The van der Waals surface area contributed by atoms with Crippen molar-refractivity contribution >= 4 is 33.3 Å². The molecule has 5 rings (SSSR count). The number of aryl methyl sites for hydroxylation is 1. The van der Waals surface area contributed by atoms with Gasteiger partial charge in [0, 0.05) is 19.0 Å². The van der Waals surface area contributed by atoms with Crippen molar-refractivity contribution in [2.75, 3.05) is 11.4 Å². The lowest BCUT2D eigenvalue weighted by molar-refractivity contribution is -0.137. The molecule has 1 N–H and O–H groups in total. The van der Waals surface area contributed by atoms with Crippen LogP contribution in [0.1, 0.15) is 30.5 Å². The third-order valence-electron chi connectivity index (χ3n) is 6.89. The zero-order chi connectivity index (χ0) is 28.9. The number of rotatable bonds is 6. The first-order chi connectivity index (χ1) is 18.8. The number of alkyl halides is 3. The fraction of sp³-hybridized carbons (Fsp3) is 0.346. The summed E-state index contributed by atoms with van der Waals surface area (Å²) in [7, 11) is -3.99. The van der Waals surface area contributed by atoms with Crippen molar-refractivity contribution in [1.82, 2.24) is 15.1 Å². The molecule has 2 heterocycles. The van der Waals surface area contributed by atoms with Gasteiger partial charge in [-0.3, -0.25) is 0 Å². The highest BCUT2D eigenvalue weighted by atomic mass is 35.5. The number of amides is 1. The van der Waals surface area contributed by atoms with Gasteiger partial charge in [0.25, 0.3) is 0 Å². The number of nitrogens with zero attached hydrogens (tertiary/aromatic N) is 4. The van der Waals surface area contributed by atoms with E-state index in [1.807, 2.05) is 6.07 Å². The predicted octanol–water partition coefficient (Wildman–Crippen LogP) is 5.01. The number of ether oxygens (including phenoxy) is 1. The van der Waals surface area contributed by atoms with Crippen LogP contribution in [0.4, 0.5) is 23.8 Å². The monoisotopic (exact) mass is 593 g/mol. The van der Waals surface area contributed by atoms with E-state index in [1.54, 1.807) is 25.1 Å². The lowest BCUT2D eigenvalue weighted by atomic mass is 10.2. The van der Waals surface area contributed by atoms with Gasteiger partial charge in [-0.2, -0.15) is 23.5 Å². The Hall–Kier alpha value is -3.76. The molecular weight excluding hydrogens is 571 g/mol. The van der Waals surface area contributed by atoms with Crippen molar-refractivity contribution in [1.29, 1.82) is 5.26 Å². The summed E-state index contributed by atoms with van der Waals surface area (Å²) in [6.45, 7) is 1.55. The van der Waals surface area contributed by atoms with Gasteiger partial charge < -0.3 is 15.0 Å². The summed E-state index contributed by atoms with van der Waals surface area (Å²) in [5, 5.41) is 15.3. The van der Waals surface area contributed by atoms with E-state index in [0.29, 0.717) is 24.4 Å². The van der Waals surface area contributed by atoms with E-state index >= 15 is 0 Å². The number of hydrogen-bond donors (Lipinski definition) is 1. The molecule has 1 aromatic heterocycles. The van der Waals surface area contributed by atoms with Gasteiger partial charge in [0.1, 0.15) is 11.4 Å². The van der Waals surface area contributed by atoms with Crippen molar-refractivity contribution < 1.29 is 31.1 Å². The number of sulfone groups is 1.